The van der Waals surface area contributed by atoms with Gasteiger partial charge >= 0.3 is 0 Å². The third-order valence-corrected chi connectivity index (χ3v) is 3.93. The second-order valence-corrected chi connectivity index (χ2v) is 5.26. The van der Waals surface area contributed by atoms with Crippen molar-refractivity contribution in [3.63, 3.8) is 0 Å². The molecule has 1 aromatic carbocycles. The molecule has 2 rings (SSSR count). The van der Waals surface area contributed by atoms with Gasteiger partial charge < -0.3 is 5.73 Å². The van der Waals surface area contributed by atoms with Crippen molar-refractivity contribution in [1.29, 1.82) is 0 Å². The summed E-state index contributed by atoms with van der Waals surface area (Å²) in [4.78, 5) is 12.1. The minimum Gasteiger partial charge on any atom is -0.327 e. The maximum Gasteiger partial charge on any atom is 0.141 e. The second kappa shape index (κ2) is 5.01. The van der Waals surface area contributed by atoms with Crippen molar-refractivity contribution in [3.05, 3.63) is 34.9 Å². The number of rotatable bonds is 3. The van der Waals surface area contributed by atoms with Crippen LogP contribution in [0.2, 0.25) is 0 Å². The number of benzene rings is 1. The normalized spacial score (nSPS) is 23.9. The van der Waals surface area contributed by atoms with Crippen LogP contribution in [0.3, 0.4) is 0 Å². The first kappa shape index (κ1) is 12.3. The predicted octanol–water partition coefficient (Wildman–Crippen LogP) is 2.54. The molecule has 92 valence electrons. The van der Waals surface area contributed by atoms with Gasteiger partial charge in [0.2, 0.25) is 0 Å². The molecule has 1 saturated carbocycles. The molecule has 2 atom stereocenters. The second-order valence-electron chi connectivity index (χ2n) is 5.26. The highest BCUT2D eigenvalue weighted by molar-refractivity contribution is 5.84. The third kappa shape index (κ3) is 2.75. The van der Waals surface area contributed by atoms with Crippen LogP contribution in [-0.2, 0) is 11.2 Å². The van der Waals surface area contributed by atoms with E-state index in [9.17, 15) is 4.79 Å². The minimum absolute atomic E-state index is 0.0917. The predicted molar refractivity (Wildman–Crippen MR) is 69.9 cm³/mol. The Morgan fingerprint density at radius 1 is 1.29 bits per heavy atom. The van der Waals surface area contributed by atoms with Crippen LogP contribution in [0.25, 0.3) is 0 Å². The Balaban J connectivity index is 2.05. The molecule has 0 spiro atoms. The first-order chi connectivity index (χ1) is 8.08. The Labute approximate surface area is 103 Å². The van der Waals surface area contributed by atoms with Gasteiger partial charge in [-0.15, -0.1) is 0 Å². The molecule has 2 N–H and O–H groups in total. The minimum atomic E-state index is 0.0917. The highest BCUT2D eigenvalue weighted by atomic mass is 16.1. The molecule has 2 heteroatoms. The van der Waals surface area contributed by atoms with Crippen molar-refractivity contribution >= 4 is 5.78 Å². The Bertz CT molecular complexity index is 425. The summed E-state index contributed by atoms with van der Waals surface area (Å²) in [6.07, 6.45) is 3.62. The maximum atomic E-state index is 12.1. The number of Topliss-reactive ketones (excluding diaryl/α,β-unsaturated/α-hetero) is 1. The molecule has 1 fully saturated rings. The topological polar surface area (TPSA) is 43.1 Å². The molecule has 1 aromatic rings. The van der Waals surface area contributed by atoms with Crippen LogP contribution in [-0.4, -0.2) is 11.8 Å². The summed E-state index contributed by atoms with van der Waals surface area (Å²) < 4.78 is 0. The lowest BCUT2D eigenvalue weighted by Crippen LogP contribution is -2.31. The Morgan fingerprint density at radius 3 is 2.65 bits per heavy atom. The zero-order valence-corrected chi connectivity index (χ0v) is 10.7. The molecule has 0 aromatic heterocycles. The van der Waals surface area contributed by atoms with Crippen LogP contribution in [0, 0.1) is 19.8 Å². The first-order valence-electron chi connectivity index (χ1n) is 6.42. The van der Waals surface area contributed by atoms with Crippen LogP contribution >= 0.6 is 0 Å². The van der Waals surface area contributed by atoms with E-state index in [2.05, 4.69) is 32.0 Å². The van der Waals surface area contributed by atoms with Crippen molar-refractivity contribution < 1.29 is 4.79 Å². The van der Waals surface area contributed by atoms with Gasteiger partial charge in [0.15, 0.2) is 0 Å². The lowest BCUT2D eigenvalue weighted by molar-refractivity contribution is -0.122. The van der Waals surface area contributed by atoms with Gasteiger partial charge in [-0.1, -0.05) is 24.6 Å². The van der Waals surface area contributed by atoms with E-state index in [1.807, 2.05) is 0 Å². The zero-order chi connectivity index (χ0) is 12.4. The van der Waals surface area contributed by atoms with Gasteiger partial charge in [0.05, 0.1) is 0 Å². The molecule has 0 bridgehead atoms. The SMILES string of the molecule is Cc1ccc(CC(=O)C2CCCC2N)cc1C. The first-order valence-corrected chi connectivity index (χ1v) is 6.42. The number of aryl methyl sites for hydroxylation is 2. The standard InChI is InChI=1S/C15H21NO/c1-10-6-7-12(8-11(10)2)9-15(17)13-4-3-5-14(13)16/h6-8,13-14H,3-5,9,16H2,1-2H3. The molecule has 1 aliphatic rings. The summed E-state index contributed by atoms with van der Waals surface area (Å²) in [6.45, 7) is 4.18. The summed E-state index contributed by atoms with van der Waals surface area (Å²) in [7, 11) is 0. The smallest absolute Gasteiger partial charge is 0.141 e. The lowest BCUT2D eigenvalue weighted by atomic mass is 9.93. The summed E-state index contributed by atoms with van der Waals surface area (Å²) in [6, 6.07) is 6.36. The number of ketones is 1. The summed E-state index contributed by atoms with van der Waals surface area (Å²) >= 11 is 0. The van der Waals surface area contributed by atoms with Crippen molar-refractivity contribution in [2.45, 2.75) is 45.6 Å². The van der Waals surface area contributed by atoms with Crippen LogP contribution in [0.15, 0.2) is 18.2 Å². The molecule has 17 heavy (non-hydrogen) atoms. The van der Waals surface area contributed by atoms with Gasteiger partial charge in [-0.3, -0.25) is 4.79 Å². The van der Waals surface area contributed by atoms with E-state index in [4.69, 9.17) is 5.73 Å². The van der Waals surface area contributed by atoms with Crippen molar-refractivity contribution in [2.75, 3.05) is 0 Å². The van der Waals surface area contributed by atoms with E-state index in [-0.39, 0.29) is 12.0 Å². The average Bonchev–Trinajstić information content (AvgIpc) is 2.70. The Morgan fingerprint density at radius 2 is 2.06 bits per heavy atom. The third-order valence-electron chi connectivity index (χ3n) is 3.93. The van der Waals surface area contributed by atoms with Gasteiger partial charge in [-0.2, -0.15) is 0 Å². The molecule has 0 aliphatic heterocycles. The average molecular weight is 231 g/mol. The van der Waals surface area contributed by atoms with E-state index in [0.29, 0.717) is 12.2 Å². The molecular weight excluding hydrogens is 210 g/mol. The van der Waals surface area contributed by atoms with Crippen LogP contribution < -0.4 is 5.73 Å². The molecule has 0 amide bonds. The van der Waals surface area contributed by atoms with Crippen LogP contribution in [0.1, 0.15) is 36.0 Å². The number of carbonyl (C=O) groups is 1. The molecule has 0 radical (unpaired) electrons. The van der Waals surface area contributed by atoms with E-state index < -0.39 is 0 Å². The van der Waals surface area contributed by atoms with Gasteiger partial charge in [0.25, 0.3) is 0 Å². The van der Waals surface area contributed by atoms with E-state index in [1.165, 1.54) is 11.1 Å². The van der Waals surface area contributed by atoms with Crippen molar-refractivity contribution in [3.8, 4) is 0 Å². The van der Waals surface area contributed by atoms with Gasteiger partial charge in [0.1, 0.15) is 5.78 Å². The van der Waals surface area contributed by atoms with Gasteiger partial charge in [0, 0.05) is 18.4 Å². The lowest BCUT2D eigenvalue weighted by Gasteiger charge is -2.14. The van der Waals surface area contributed by atoms with Crippen LogP contribution in [0.4, 0.5) is 0 Å². The summed E-state index contributed by atoms with van der Waals surface area (Å²) in [5.41, 5.74) is 9.62. The summed E-state index contributed by atoms with van der Waals surface area (Å²) in [5.74, 6) is 0.412. The fraction of sp³-hybridized carbons (Fsp3) is 0.533. The molecule has 2 nitrogen and oxygen atoms in total. The number of hydrogen-bond acceptors (Lipinski definition) is 2. The van der Waals surface area contributed by atoms with Crippen molar-refractivity contribution in [1.82, 2.24) is 0 Å². The Kier molecular flexibility index (Phi) is 3.63. The van der Waals surface area contributed by atoms with E-state index in [1.54, 1.807) is 0 Å². The molecule has 0 saturated heterocycles. The zero-order valence-electron chi connectivity index (χ0n) is 10.7. The van der Waals surface area contributed by atoms with E-state index in [0.717, 1.165) is 24.8 Å². The Hall–Kier alpha value is -1.15. The molecule has 2 unspecified atom stereocenters. The van der Waals surface area contributed by atoms with E-state index >= 15 is 0 Å². The van der Waals surface area contributed by atoms with Gasteiger partial charge in [-0.05, 0) is 43.4 Å². The number of carbonyl (C=O) groups excluding carboxylic acids is 1. The quantitative estimate of drug-likeness (QED) is 0.868. The number of hydrogen-bond donors (Lipinski definition) is 1. The fourth-order valence-electron chi connectivity index (χ4n) is 2.63. The largest absolute Gasteiger partial charge is 0.327 e. The molecular formula is C15H21NO. The number of nitrogens with two attached hydrogens (primary N) is 1. The maximum absolute atomic E-state index is 12.1. The van der Waals surface area contributed by atoms with Crippen molar-refractivity contribution in [2.24, 2.45) is 11.7 Å². The molecule has 1 aliphatic carbocycles. The highest BCUT2D eigenvalue weighted by Gasteiger charge is 2.29. The summed E-state index contributed by atoms with van der Waals surface area (Å²) in [5, 5.41) is 0. The van der Waals surface area contributed by atoms with Crippen LogP contribution in [0.5, 0.6) is 0 Å². The van der Waals surface area contributed by atoms with Gasteiger partial charge in [-0.25, -0.2) is 0 Å². The molecule has 0 heterocycles. The monoisotopic (exact) mass is 231 g/mol. The fourth-order valence-corrected chi connectivity index (χ4v) is 2.63. The highest BCUT2D eigenvalue weighted by Crippen LogP contribution is 2.26.